The van der Waals surface area contributed by atoms with Crippen molar-refractivity contribution < 1.29 is 4.79 Å². The Morgan fingerprint density at radius 3 is 2.00 bits per heavy atom. The van der Waals surface area contributed by atoms with Crippen LogP contribution in [0, 0.1) is 11.3 Å². The lowest BCUT2D eigenvalue weighted by atomic mass is 9.97. The Hall–Kier alpha value is -3.18. The van der Waals surface area contributed by atoms with Gasteiger partial charge in [0.1, 0.15) is 0 Å². The van der Waals surface area contributed by atoms with Crippen molar-refractivity contribution in [2.75, 3.05) is 0 Å². The number of carbonyl (C=O) groups excluding carboxylic acids is 1. The SMILES string of the molecule is N#Cc1ccccc1-c1ccc(C(=O)c2ccccc2)cc1. The molecule has 0 aliphatic rings. The molecule has 0 spiro atoms. The Morgan fingerprint density at radius 1 is 0.727 bits per heavy atom. The van der Waals surface area contributed by atoms with E-state index in [9.17, 15) is 4.79 Å². The van der Waals surface area contributed by atoms with Gasteiger partial charge < -0.3 is 0 Å². The molecular weight excluding hydrogens is 270 g/mol. The first-order valence-electron chi connectivity index (χ1n) is 6.99. The maximum Gasteiger partial charge on any atom is 0.193 e. The van der Waals surface area contributed by atoms with E-state index in [2.05, 4.69) is 6.07 Å². The molecule has 0 heterocycles. The lowest BCUT2D eigenvalue weighted by molar-refractivity contribution is 0.103. The molecule has 3 aromatic carbocycles. The van der Waals surface area contributed by atoms with Gasteiger partial charge in [0.15, 0.2) is 5.78 Å². The fourth-order valence-corrected chi connectivity index (χ4v) is 2.39. The normalized spacial score (nSPS) is 9.95. The van der Waals surface area contributed by atoms with Crippen LogP contribution in [-0.2, 0) is 0 Å². The third-order valence-electron chi connectivity index (χ3n) is 3.54. The van der Waals surface area contributed by atoms with Gasteiger partial charge in [0.2, 0.25) is 0 Å². The molecule has 104 valence electrons. The highest BCUT2D eigenvalue weighted by molar-refractivity contribution is 6.09. The quantitative estimate of drug-likeness (QED) is 0.666. The smallest absolute Gasteiger partial charge is 0.193 e. The van der Waals surface area contributed by atoms with Crippen LogP contribution in [0.1, 0.15) is 21.5 Å². The van der Waals surface area contributed by atoms with Gasteiger partial charge in [-0.05, 0) is 17.2 Å². The van der Waals surface area contributed by atoms with E-state index in [-0.39, 0.29) is 5.78 Å². The number of hydrogen-bond donors (Lipinski definition) is 0. The number of nitriles is 1. The van der Waals surface area contributed by atoms with Gasteiger partial charge in [-0.1, -0.05) is 72.8 Å². The van der Waals surface area contributed by atoms with E-state index < -0.39 is 0 Å². The van der Waals surface area contributed by atoms with Crippen molar-refractivity contribution in [2.45, 2.75) is 0 Å². The minimum absolute atomic E-state index is 0.000665. The van der Waals surface area contributed by atoms with Gasteiger partial charge in [0.25, 0.3) is 0 Å². The average Bonchev–Trinajstić information content (AvgIpc) is 2.62. The van der Waals surface area contributed by atoms with Crippen molar-refractivity contribution in [1.82, 2.24) is 0 Å². The molecule has 0 saturated carbocycles. The summed E-state index contributed by atoms with van der Waals surface area (Å²) in [5.74, 6) is 0.000665. The highest BCUT2D eigenvalue weighted by atomic mass is 16.1. The lowest BCUT2D eigenvalue weighted by Gasteiger charge is -2.06. The maximum atomic E-state index is 12.4. The summed E-state index contributed by atoms with van der Waals surface area (Å²) in [6.45, 7) is 0. The molecule has 0 aliphatic heterocycles. The van der Waals surface area contributed by atoms with Crippen LogP contribution in [0.15, 0.2) is 78.9 Å². The Kier molecular flexibility index (Phi) is 3.80. The maximum absolute atomic E-state index is 12.4. The lowest BCUT2D eigenvalue weighted by Crippen LogP contribution is -2.00. The first-order valence-corrected chi connectivity index (χ1v) is 6.99. The summed E-state index contributed by atoms with van der Waals surface area (Å²) in [6, 6.07) is 26.2. The summed E-state index contributed by atoms with van der Waals surface area (Å²) in [4.78, 5) is 12.4. The standard InChI is InChI=1S/C20H13NO/c21-14-18-8-4-5-9-19(18)15-10-12-17(13-11-15)20(22)16-6-2-1-3-7-16/h1-13H. The number of benzene rings is 3. The molecule has 0 atom stereocenters. The zero-order valence-electron chi connectivity index (χ0n) is 11.9. The van der Waals surface area contributed by atoms with Crippen molar-refractivity contribution >= 4 is 5.78 Å². The van der Waals surface area contributed by atoms with Gasteiger partial charge in [-0.3, -0.25) is 4.79 Å². The Morgan fingerprint density at radius 2 is 1.32 bits per heavy atom. The van der Waals surface area contributed by atoms with E-state index in [1.54, 1.807) is 30.3 Å². The Labute approximate surface area is 129 Å². The van der Waals surface area contributed by atoms with Gasteiger partial charge in [-0.15, -0.1) is 0 Å². The van der Waals surface area contributed by atoms with Crippen LogP contribution < -0.4 is 0 Å². The predicted octanol–water partition coefficient (Wildman–Crippen LogP) is 4.46. The molecule has 0 saturated heterocycles. The van der Waals surface area contributed by atoms with Crippen LogP contribution >= 0.6 is 0 Å². The van der Waals surface area contributed by atoms with Crippen LogP contribution in [0.5, 0.6) is 0 Å². The van der Waals surface area contributed by atoms with Crippen LogP contribution in [0.3, 0.4) is 0 Å². The van der Waals surface area contributed by atoms with Crippen LogP contribution in [0.2, 0.25) is 0 Å². The molecule has 2 heteroatoms. The monoisotopic (exact) mass is 283 g/mol. The van der Waals surface area contributed by atoms with Gasteiger partial charge in [-0.25, -0.2) is 0 Å². The topological polar surface area (TPSA) is 40.9 Å². The van der Waals surface area contributed by atoms with Crippen molar-refractivity contribution in [3.05, 3.63) is 95.6 Å². The van der Waals surface area contributed by atoms with Crippen LogP contribution in [-0.4, -0.2) is 5.78 Å². The zero-order valence-corrected chi connectivity index (χ0v) is 11.9. The fraction of sp³-hybridized carbons (Fsp3) is 0. The molecule has 3 rings (SSSR count). The molecule has 0 fully saturated rings. The third-order valence-corrected chi connectivity index (χ3v) is 3.54. The van der Waals surface area contributed by atoms with Crippen molar-refractivity contribution in [1.29, 1.82) is 5.26 Å². The van der Waals surface area contributed by atoms with Crippen molar-refractivity contribution in [2.24, 2.45) is 0 Å². The molecule has 0 aliphatic carbocycles. The zero-order chi connectivity index (χ0) is 15.4. The second-order valence-electron chi connectivity index (χ2n) is 4.93. The van der Waals surface area contributed by atoms with Crippen LogP contribution in [0.4, 0.5) is 0 Å². The minimum Gasteiger partial charge on any atom is -0.289 e. The molecule has 2 nitrogen and oxygen atoms in total. The summed E-state index contributed by atoms with van der Waals surface area (Å²) in [6.07, 6.45) is 0. The Balaban J connectivity index is 1.94. The number of rotatable bonds is 3. The first kappa shape index (κ1) is 13.8. The van der Waals surface area contributed by atoms with E-state index in [1.807, 2.05) is 48.5 Å². The third kappa shape index (κ3) is 2.65. The molecular formula is C20H13NO. The summed E-state index contributed by atoms with van der Waals surface area (Å²) in [5, 5.41) is 9.17. The number of hydrogen-bond acceptors (Lipinski definition) is 2. The molecule has 0 radical (unpaired) electrons. The second kappa shape index (κ2) is 6.07. The van der Waals surface area contributed by atoms with E-state index in [0.717, 1.165) is 11.1 Å². The van der Waals surface area contributed by atoms with Gasteiger partial charge >= 0.3 is 0 Å². The predicted molar refractivity (Wildman–Crippen MR) is 86.5 cm³/mol. The summed E-state index contributed by atoms with van der Waals surface area (Å²) in [5.41, 5.74) is 3.76. The van der Waals surface area contributed by atoms with Crippen molar-refractivity contribution in [3.8, 4) is 17.2 Å². The van der Waals surface area contributed by atoms with Gasteiger partial charge in [0.05, 0.1) is 11.6 Å². The number of nitrogens with zero attached hydrogens (tertiary/aromatic N) is 1. The molecule has 22 heavy (non-hydrogen) atoms. The molecule has 0 N–H and O–H groups in total. The van der Waals surface area contributed by atoms with Crippen LogP contribution in [0.25, 0.3) is 11.1 Å². The number of ketones is 1. The first-order chi connectivity index (χ1) is 10.8. The molecule has 0 unspecified atom stereocenters. The highest BCUT2D eigenvalue weighted by Gasteiger charge is 2.09. The number of carbonyl (C=O) groups is 1. The van der Waals surface area contributed by atoms with Crippen molar-refractivity contribution in [3.63, 3.8) is 0 Å². The fourth-order valence-electron chi connectivity index (χ4n) is 2.39. The molecule has 0 amide bonds. The molecule has 0 aromatic heterocycles. The largest absolute Gasteiger partial charge is 0.289 e. The molecule has 0 bridgehead atoms. The van der Waals surface area contributed by atoms with Gasteiger partial charge in [0, 0.05) is 11.1 Å². The van der Waals surface area contributed by atoms with Gasteiger partial charge in [-0.2, -0.15) is 5.26 Å². The minimum atomic E-state index is 0.000665. The van der Waals surface area contributed by atoms with E-state index in [1.165, 1.54) is 0 Å². The molecule has 3 aromatic rings. The average molecular weight is 283 g/mol. The summed E-state index contributed by atoms with van der Waals surface area (Å²) < 4.78 is 0. The van der Waals surface area contributed by atoms with E-state index in [0.29, 0.717) is 16.7 Å². The highest BCUT2D eigenvalue weighted by Crippen LogP contribution is 2.24. The second-order valence-corrected chi connectivity index (χ2v) is 4.93. The summed E-state index contributed by atoms with van der Waals surface area (Å²) >= 11 is 0. The van der Waals surface area contributed by atoms with E-state index in [4.69, 9.17) is 5.26 Å². The van der Waals surface area contributed by atoms with E-state index >= 15 is 0 Å². The summed E-state index contributed by atoms with van der Waals surface area (Å²) in [7, 11) is 0. The Bertz CT molecular complexity index is 843.